The summed E-state index contributed by atoms with van der Waals surface area (Å²) < 4.78 is 40.0. The predicted molar refractivity (Wildman–Crippen MR) is 100 cm³/mol. The molecule has 0 spiro atoms. The molecule has 0 saturated carbocycles. The lowest BCUT2D eigenvalue weighted by atomic mass is 10.0. The van der Waals surface area contributed by atoms with Crippen LogP contribution in [0.2, 0.25) is 0 Å². The minimum atomic E-state index is -4.65. The molecule has 0 heterocycles. The lowest BCUT2D eigenvalue weighted by Gasteiger charge is -2.09. The van der Waals surface area contributed by atoms with Gasteiger partial charge >= 0.3 is 6.36 Å². The van der Waals surface area contributed by atoms with E-state index < -0.39 is 6.36 Å². The van der Waals surface area contributed by atoms with E-state index in [4.69, 9.17) is 0 Å². The van der Waals surface area contributed by atoms with Crippen LogP contribution in [-0.2, 0) is 0 Å². The number of ether oxygens (including phenoxy) is 1. The molecule has 0 aliphatic heterocycles. The molecule has 0 unspecified atom stereocenters. The highest BCUT2D eigenvalue weighted by molar-refractivity contribution is 7.99. The summed E-state index contributed by atoms with van der Waals surface area (Å²) in [4.78, 5) is 1.91. The quantitative estimate of drug-likeness (QED) is 0.539. The van der Waals surface area contributed by atoms with Gasteiger partial charge in [0.15, 0.2) is 0 Å². The summed E-state index contributed by atoms with van der Waals surface area (Å²) in [7, 11) is 0. The van der Waals surface area contributed by atoms with E-state index in [0.717, 1.165) is 9.79 Å². The maximum Gasteiger partial charge on any atom is 0.573 e. The number of hydrogen-bond donors (Lipinski definition) is 0. The van der Waals surface area contributed by atoms with E-state index in [1.165, 1.54) is 29.5 Å². The second-order valence-electron chi connectivity index (χ2n) is 4.85. The number of benzene rings is 2. The summed E-state index contributed by atoms with van der Waals surface area (Å²) in [5, 5.41) is 0. The first-order valence-corrected chi connectivity index (χ1v) is 9.29. The molecule has 0 aromatic heterocycles. The second kappa shape index (κ2) is 11.9. The molecular formula is C20H27F3OS. The Morgan fingerprint density at radius 1 is 0.760 bits per heavy atom. The molecule has 0 fully saturated rings. The summed E-state index contributed by atoms with van der Waals surface area (Å²) in [6.07, 6.45) is -4.65. The molecular weight excluding hydrogens is 345 g/mol. The van der Waals surface area contributed by atoms with Crippen LogP contribution in [0, 0.1) is 0 Å². The van der Waals surface area contributed by atoms with Crippen LogP contribution in [0.1, 0.15) is 53.0 Å². The summed E-state index contributed by atoms with van der Waals surface area (Å²) in [6.45, 7) is 12.3. The van der Waals surface area contributed by atoms with E-state index in [9.17, 15) is 13.2 Å². The molecule has 25 heavy (non-hydrogen) atoms. The van der Waals surface area contributed by atoms with Crippen molar-refractivity contribution in [3.05, 3.63) is 54.1 Å². The predicted octanol–water partition coefficient (Wildman–Crippen LogP) is 7.91. The summed E-state index contributed by atoms with van der Waals surface area (Å²) in [6, 6.07) is 14.0. The van der Waals surface area contributed by atoms with Gasteiger partial charge in [-0.15, -0.1) is 13.2 Å². The monoisotopic (exact) mass is 372 g/mol. The van der Waals surface area contributed by atoms with E-state index in [1.807, 2.05) is 39.8 Å². The zero-order valence-electron chi connectivity index (χ0n) is 15.6. The van der Waals surface area contributed by atoms with Crippen molar-refractivity contribution in [3.63, 3.8) is 0 Å². The van der Waals surface area contributed by atoms with E-state index in [0.29, 0.717) is 5.92 Å². The van der Waals surface area contributed by atoms with E-state index in [-0.39, 0.29) is 5.75 Å². The highest BCUT2D eigenvalue weighted by Crippen LogP contribution is 2.31. The van der Waals surface area contributed by atoms with Crippen molar-refractivity contribution in [2.45, 2.75) is 63.6 Å². The van der Waals surface area contributed by atoms with Gasteiger partial charge < -0.3 is 4.74 Å². The molecule has 0 amide bonds. The smallest absolute Gasteiger partial charge is 0.406 e. The number of rotatable bonds is 4. The first-order valence-electron chi connectivity index (χ1n) is 8.47. The molecule has 0 saturated heterocycles. The fourth-order valence-corrected chi connectivity index (χ4v) is 2.58. The van der Waals surface area contributed by atoms with Gasteiger partial charge in [-0.05, 0) is 47.9 Å². The standard InChI is InChI=1S/C16H15F3OS.2C2H6/c1-11(2)12-3-7-14(8-4-12)21-15-9-5-13(6-10-15)20-16(17,18)19;2*1-2/h3-11H,1-2H3;2*1-2H3. The fraction of sp³-hybridized carbons (Fsp3) is 0.400. The van der Waals surface area contributed by atoms with Crippen molar-refractivity contribution in [1.82, 2.24) is 0 Å². The fourth-order valence-electron chi connectivity index (χ4n) is 1.77. The lowest BCUT2D eigenvalue weighted by Crippen LogP contribution is -2.16. The highest BCUT2D eigenvalue weighted by Gasteiger charge is 2.30. The first kappa shape index (κ1) is 23.4. The minimum absolute atomic E-state index is 0.206. The first-order chi connectivity index (χ1) is 11.8. The molecule has 2 aromatic rings. The third kappa shape index (κ3) is 9.44. The molecule has 1 nitrogen and oxygen atoms in total. The van der Waals surface area contributed by atoms with Crippen molar-refractivity contribution in [1.29, 1.82) is 0 Å². The van der Waals surface area contributed by atoms with Crippen LogP contribution in [0.5, 0.6) is 5.75 Å². The lowest BCUT2D eigenvalue weighted by molar-refractivity contribution is -0.274. The van der Waals surface area contributed by atoms with Gasteiger partial charge in [0.2, 0.25) is 0 Å². The molecule has 0 atom stereocenters. The van der Waals surface area contributed by atoms with Gasteiger partial charge in [-0.25, -0.2) is 0 Å². The van der Waals surface area contributed by atoms with Crippen molar-refractivity contribution in [3.8, 4) is 5.75 Å². The van der Waals surface area contributed by atoms with E-state index >= 15 is 0 Å². The van der Waals surface area contributed by atoms with Crippen LogP contribution in [0.3, 0.4) is 0 Å². The van der Waals surface area contributed by atoms with Gasteiger partial charge in [0.1, 0.15) is 5.75 Å². The van der Waals surface area contributed by atoms with E-state index in [1.54, 1.807) is 12.1 Å². The Morgan fingerprint density at radius 3 is 1.52 bits per heavy atom. The summed E-state index contributed by atoms with van der Waals surface area (Å²) in [5.41, 5.74) is 1.26. The summed E-state index contributed by atoms with van der Waals surface area (Å²) >= 11 is 1.50. The Balaban J connectivity index is 0.00000134. The maximum atomic E-state index is 12.1. The third-order valence-electron chi connectivity index (χ3n) is 2.84. The summed E-state index contributed by atoms with van der Waals surface area (Å²) in [5.74, 6) is 0.268. The molecule has 2 aromatic carbocycles. The zero-order valence-corrected chi connectivity index (χ0v) is 16.5. The topological polar surface area (TPSA) is 9.23 Å². The average Bonchev–Trinajstić information content (AvgIpc) is 2.59. The minimum Gasteiger partial charge on any atom is -0.406 e. The number of hydrogen-bond acceptors (Lipinski definition) is 2. The Labute approximate surface area is 153 Å². The maximum absolute atomic E-state index is 12.1. The zero-order chi connectivity index (χ0) is 19.5. The van der Waals surface area contributed by atoms with Gasteiger partial charge in [0.25, 0.3) is 0 Å². The van der Waals surface area contributed by atoms with Gasteiger partial charge in [-0.2, -0.15) is 0 Å². The average molecular weight is 372 g/mol. The Kier molecular flexibility index (Phi) is 11.1. The Morgan fingerprint density at radius 2 is 1.16 bits per heavy atom. The van der Waals surface area contributed by atoms with E-state index in [2.05, 4.69) is 30.7 Å². The normalized spacial score (nSPS) is 10.3. The SMILES string of the molecule is CC.CC.CC(C)c1ccc(Sc2ccc(OC(F)(F)F)cc2)cc1. The highest BCUT2D eigenvalue weighted by atomic mass is 32.2. The van der Waals surface area contributed by atoms with Gasteiger partial charge in [0.05, 0.1) is 0 Å². The molecule has 0 aliphatic rings. The van der Waals surface area contributed by atoms with Gasteiger partial charge in [0, 0.05) is 9.79 Å². The van der Waals surface area contributed by atoms with Crippen LogP contribution in [0.15, 0.2) is 58.3 Å². The van der Waals surface area contributed by atoms with Crippen molar-refractivity contribution in [2.75, 3.05) is 0 Å². The second-order valence-corrected chi connectivity index (χ2v) is 5.99. The molecule has 5 heteroatoms. The van der Waals surface area contributed by atoms with Crippen LogP contribution in [0.25, 0.3) is 0 Å². The largest absolute Gasteiger partial charge is 0.573 e. The van der Waals surface area contributed by atoms with Gasteiger partial charge in [-0.1, -0.05) is 65.4 Å². The van der Waals surface area contributed by atoms with Crippen LogP contribution < -0.4 is 4.74 Å². The van der Waals surface area contributed by atoms with Crippen LogP contribution >= 0.6 is 11.8 Å². The van der Waals surface area contributed by atoms with Crippen LogP contribution in [-0.4, -0.2) is 6.36 Å². The number of alkyl halides is 3. The molecule has 0 aliphatic carbocycles. The Hall–Kier alpha value is -1.62. The molecule has 0 N–H and O–H groups in total. The molecule has 140 valence electrons. The molecule has 0 radical (unpaired) electrons. The van der Waals surface area contributed by atoms with Gasteiger partial charge in [-0.3, -0.25) is 0 Å². The van der Waals surface area contributed by atoms with Crippen molar-refractivity contribution >= 4 is 11.8 Å². The van der Waals surface area contributed by atoms with Crippen LogP contribution in [0.4, 0.5) is 13.2 Å². The third-order valence-corrected chi connectivity index (χ3v) is 3.86. The molecule has 2 rings (SSSR count). The van der Waals surface area contributed by atoms with Crippen molar-refractivity contribution in [2.24, 2.45) is 0 Å². The Bertz CT molecular complexity index is 575. The molecule has 0 bridgehead atoms. The number of halogens is 3. The van der Waals surface area contributed by atoms with Crippen molar-refractivity contribution < 1.29 is 17.9 Å².